The predicted molar refractivity (Wildman–Crippen MR) is 101 cm³/mol. The number of pyridine rings is 2. The number of benzene rings is 1. The van der Waals surface area contributed by atoms with Crippen LogP contribution in [0, 0.1) is 12.7 Å². The molecule has 0 aliphatic rings. The van der Waals surface area contributed by atoms with Gasteiger partial charge in [-0.25, -0.2) is 4.39 Å². The minimum Gasteiger partial charge on any atom is -0.396 e. The first-order valence-electron chi connectivity index (χ1n) is 8.93. The molecule has 136 valence electrons. The maximum atomic E-state index is 13.3. The van der Waals surface area contributed by atoms with Crippen molar-refractivity contribution < 1.29 is 9.50 Å². The number of halogens is 1. The van der Waals surface area contributed by atoms with Crippen molar-refractivity contribution in [1.82, 2.24) is 14.9 Å². The van der Waals surface area contributed by atoms with Crippen molar-refractivity contribution in [3.05, 3.63) is 71.6 Å². The minimum atomic E-state index is -0.306. The number of unbranched alkanes of at least 4 members (excludes halogenated alkanes) is 1. The molecule has 0 radical (unpaired) electrons. The maximum Gasteiger partial charge on any atom is 0.141 e. The minimum absolute atomic E-state index is 0.196. The fourth-order valence-corrected chi connectivity index (χ4v) is 3.18. The lowest BCUT2D eigenvalue weighted by Gasteiger charge is -2.23. The quantitative estimate of drug-likeness (QED) is 0.625. The van der Waals surface area contributed by atoms with Gasteiger partial charge in [0.1, 0.15) is 5.82 Å². The summed E-state index contributed by atoms with van der Waals surface area (Å²) >= 11 is 0. The zero-order valence-corrected chi connectivity index (χ0v) is 15.0. The van der Waals surface area contributed by atoms with Crippen molar-refractivity contribution >= 4 is 10.8 Å². The normalized spacial score (nSPS) is 11.4. The van der Waals surface area contributed by atoms with Gasteiger partial charge in [0.25, 0.3) is 0 Å². The summed E-state index contributed by atoms with van der Waals surface area (Å²) in [6.07, 6.45) is 6.64. The number of aliphatic hydroxyl groups is 1. The molecule has 1 aromatic carbocycles. The summed E-state index contributed by atoms with van der Waals surface area (Å²) in [5.74, 6) is -0.306. The fourth-order valence-electron chi connectivity index (χ4n) is 3.18. The van der Waals surface area contributed by atoms with Gasteiger partial charge >= 0.3 is 0 Å². The molecule has 0 aliphatic heterocycles. The molecule has 0 saturated carbocycles. The summed E-state index contributed by atoms with van der Waals surface area (Å²) in [4.78, 5) is 10.8. The zero-order chi connectivity index (χ0) is 18.4. The molecule has 1 N–H and O–H groups in total. The number of fused-ring (bicyclic) bond motifs is 1. The van der Waals surface area contributed by atoms with E-state index >= 15 is 0 Å². The lowest BCUT2D eigenvalue weighted by atomic mass is 10.1. The molecule has 3 aromatic rings. The third-order valence-electron chi connectivity index (χ3n) is 4.57. The molecule has 4 nitrogen and oxygen atoms in total. The first-order chi connectivity index (χ1) is 12.7. The highest BCUT2D eigenvalue weighted by Gasteiger charge is 2.12. The van der Waals surface area contributed by atoms with E-state index in [0.717, 1.165) is 42.6 Å². The average Bonchev–Trinajstić information content (AvgIpc) is 2.64. The van der Waals surface area contributed by atoms with Gasteiger partial charge < -0.3 is 5.11 Å². The summed E-state index contributed by atoms with van der Waals surface area (Å²) in [5, 5.41) is 11.4. The van der Waals surface area contributed by atoms with Crippen LogP contribution in [-0.4, -0.2) is 33.1 Å². The second-order valence-electron chi connectivity index (χ2n) is 6.57. The molecule has 0 fully saturated rings. The number of aliphatic hydroxyl groups excluding tert-OH is 1. The van der Waals surface area contributed by atoms with Gasteiger partial charge in [-0.1, -0.05) is 18.2 Å². The van der Waals surface area contributed by atoms with Gasteiger partial charge in [0, 0.05) is 37.5 Å². The standard InChI is InChI=1S/C21H24FN3O/c1-16-11-19(22)13-24-21(16)15-25(9-2-3-10-26)14-18-6-4-5-17-12-23-8-7-20(17)18/h4-8,11-13,26H,2-3,9-10,14-15H2,1H3. The Morgan fingerprint density at radius 3 is 2.81 bits per heavy atom. The Hall–Kier alpha value is -2.37. The molecule has 0 atom stereocenters. The summed E-state index contributed by atoms with van der Waals surface area (Å²) in [7, 11) is 0. The van der Waals surface area contributed by atoms with Crippen molar-refractivity contribution in [3.63, 3.8) is 0 Å². The number of nitrogens with zero attached hydrogens (tertiary/aromatic N) is 3. The molecule has 3 rings (SSSR count). The van der Waals surface area contributed by atoms with E-state index in [1.165, 1.54) is 23.2 Å². The maximum absolute atomic E-state index is 13.3. The van der Waals surface area contributed by atoms with E-state index in [1.54, 1.807) is 0 Å². The molecule has 2 heterocycles. The first-order valence-corrected chi connectivity index (χ1v) is 8.93. The van der Waals surface area contributed by atoms with Crippen molar-refractivity contribution in [3.8, 4) is 0 Å². The van der Waals surface area contributed by atoms with Gasteiger partial charge in [-0.3, -0.25) is 14.9 Å². The van der Waals surface area contributed by atoms with E-state index in [0.29, 0.717) is 6.54 Å². The summed E-state index contributed by atoms with van der Waals surface area (Å²) in [6.45, 7) is 4.35. The van der Waals surface area contributed by atoms with E-state index in [1.807, 2.05) is 31.5 Å². The van der Waals surface area contributed by atoms with Crippen LogP contribution in [0.2, 0.25) is 0 Å². The topological polar surface area (TPSA) is 49.2 Å². The number of aryl methyl sites for hydroxylation is 1. The van der Waals surface area contributed by atoms with Crippen LogP contribution in [0.1, 0.15) is 29.7 Å². The Morgan fingerprint density at radius 1 is 1.12 bits per heavy atom. The van der Waals surface area contributed by atoms with Gasteiger partial charge in [0.15, 0.2) is 0 Å². The van der Waals surface area contributed by atoms with E-state index < -0.39 is 0 Å². The lowest BCUT2D eigenvalue weighted by molar-refractivity contribution is 0.228. The molecular weight excluding hydrogens is 329 g/mol. The average molecular weight is 353 g/mol. The van der Waals surface area contributed by atoms with Gasteiger partial charge in [-0.05, 0) is 55.0 Å². The molecule has 0 aliphatic carbocycles. The van der Waals surface area contributed by atoms with Crippen molar-refractivity contribution in [1.29, 1.82) is 0 Å². The summed E-state index contributed by atoms with van der Waals surface area (Å²) in [5.41, 5.74) is 2.98. The summed E-state index contributed by atoms with van der Waals surface area (Å²) in [6, 6.07) is 9.81. The zero-order valence-electron chi connectivity index (χ0n) is 15.0. The number of hydrogen-bond donors (Lipinski definition) is 1. The van der Waals surface area contributed by atoms with E-state index in [9.17, 15) is 4.39 Å². The number of aromatic nitrogens is 2. The predicted octanol–water partition coefficient (Wildman–Crippen LogP) is 3.85. The molecule has 0 amide bonds. The number of hydrogen-bond acceptors (Lipinski definition) is 4. The van der Waals surface area contributed by atoms with E-state index in [2.05, 4.69) is 27.0 Å². The van der Waals surface area contributed by atoms with Crippen LogP contribution in [0.25, 0.3) is 10.8 Å². The first kappa shape index (κ1) is 18.4. The van der Waals surface area contributed by atoms with E-state index in [4.69, 9.17) is 5.11 Å². The molecule has 5 heteroatoms. The Balaban J connectivity index is 1.83. The number of rotatable bonds is 8. The highest BCUT2D eigenvalue weighted by atomic mass is 19.1. The molecule has 26 heavy (non-hydrogen) atoms. The van der Waals surface area contributed by atoms with Crippen LogP contribution in [0.4, 0.5) is 4.39 Å². The molecule has 0 bridgehead atoms. The molecule has 0 unspecified atom stereocenters. The van der Waals surface area contributed by atoms with Crippen LogP contribution in [0.5, 0.6) is 0 Å². The highest BCUT2D eigenvalue weighted by Crippen LogP contribution is 2.21. The molecule has 2 aromatic heterocycles. The van der Waals surface area contributed by atoms with Crippen molar-refractivity contribution in [2.45, 2.75) is 32.9 Å². The van der Waals surface area contributed by atoms with Gasteiger partial charge in [-0.2, -0.15) is 0 Å². The van der Waals surface area contributed by atoms with Crippen molar-refractivity contribution in [2.24, 2.45) is 0 Å². The second-order valence-corrected chi connectivity index (χ2v) is 6.57. The Morgan fingerprint density at radius 2 is 2.00 bits per heavy atom. The molecule has 0 saturated heterocycles. The van der Waals surface area contributed by atoms with Gasteiger partial charge in [-0.15, -0.1) is 0 Å². The van der Waals surface area contributed by atoms with Crippen LogP contribution >= 0.6 is 0 Å². The van der Waals surface area contributed by atoms with Crippen LogP contribution in [0.3, 0.4) is 0 Å². The highest BCUT2D eigenvalue weighted by molar-refractivity contribution is 5.84. The SMILES string of the molecule is Cc1cc(F)cnc1CN(CCCCO)Cc1cccc2cnccc12. The van der Waals surface area contributed by atoms with Crippen molar-refractivity contribution in [2.75, 3.05) is 13.2 Å². The smallest absolute Gasteiger partial charge is 0.141 e. The largest absolute Gasteiger partial charge is 0.396 e. The Labute approximate surface area is 153 Å². The monoisotopic (exact) mass is 353 g/mol. The van der Waals surface area contributed by atoms with Crippen LogP contribution < -0.4 is 0 Å². The third-order valence-corrected chi connectivity index (χ3v) is 4.57. The summed E-state index contributed by atoms with van der Waals surface area (Å²) < 4.78 is 13.3. The lowest BCUT2D eigenvalue weighted by Crippen LogP contribution is -2.25. The Bertz CT molecular complexity index is 864. The van der Waals surface area contributed by atoms with Crippen LogP contribution in [-0.2, 0) is 13.1 Å². The second kappa shape index (κ2) is 8.83. The molecule has 0 spiro atoms. The fraction of sp³-hybridized carbons (Fsp3) is 0.333. The van der Waals surface area contributed by atoms with Crippen LogP contribution in [0.15, 0.2) is 48.9 Å². The van der Waals surface area contributed by atoms with Gasteiger partial charge in [0.2, 0.25) is 0 Å². The van der Waals surface area contributed by atoms with E-state index in [-0.39, 0.29) is 12.4 Å². The van der Waals surface area contributed by atoms with Gasteiger partial charge in [0.05, 0.1) is 11.9 Å². The molecular formula is C21H24FN3O. The third kappa shape index (κ3) is 4.62. The Kier molecular flexibility index (Phi) is 6.26.